The van der Waals surface area contributed by atoms with E-state index >= 15 is 0 Å². The highest BCUT2D eigenvalue weighted by Gasteiger charge is 2.25. The minimum atomic E-state index is -0.682. The molecule has 1 heterocycles. The van der Waals surface area contributed by atoms with E-state index in [-0.39, 0.29) is 17.7 Å². The van der Waals surface area contributed by atoms with Gasteiger partial charge in [0.1, 0.15) is 0 Å². The van der Waals surface area contributed by atoms with Crippen molar-refractivity contribution in [1.29, 1.82) is 0 Å². The minimum Gasteiger partial charge on any atom is -0.478 e. The number of rotatable bonds is 6. The Kier molecular flexibility index (Phi) is 6.36. The summed E-state index contributed by atoms with van der Waals surface area (Å²) in [6, 6.07) is 6.43. The van der Waals surface area contributed by atoms with Crippen molar-refractivity contribution in [3.8, 4) is 5.75 Å². The number of nitrogens with zero attached hydrogens (tertiary/aromatic N) is 2. The number of piperazine rings is 1. The highest BCUT2D eigenvalue weighted by Crippen LogP contribution is 2.18. The molecule has 0 aliphatic carbocycles. The molecule has 1 aliphatic rings. The second-order valence-corrected chi connectivity index (χ2v) is 6.09. The molecule has 1 aliphatic heterocycles. The third-order valence-electron chi connectivity index (χ3n) is 4.26. The van der Waals surface area contributed by atoms with Crippen LogP contribution in [0.2, 0.25) is 0 Å². The number of carbonyl (C=O) groups is 1. The van der Waals surface area contributed by atoms with Crippen LogP contribution in [0.4, 0.5) is 4.39 Å². The van der Waals surface area contributed by atoms with Crippen LogP contribution in [-0.2, 0) is 4.79 Å². The van der Waals surface area contributed by atoms with Gasteiger partial charge in [0.2, 0.25) is 0 Å². The van der Waals surface area contributed by atoms with Crippen molar-refractivity contribution in [1.82, 2.24) is 15.1 Å². The fraction of sp³-hybridized carbons (Fsp3) is 0.588. The van der Waals surface area contributed by atoms with Crippen molar-refractivity contribution in [3.63, 3.8) is 0 Å². The van der Waals surface area contributed by atoms with Crippen LogP contribution in [0.3, 0.4) is 0 Å². The van der Waals surface area contributed by atoms with Gasteiger partial charge >= 0.3 is 0 Å². The Morgan fingerprint density at radius 2 is 2.13 bits per heavy atom. The van der Waals surface area contributed by atoms with Gasteiger partial charge in [-0.3, -0.25) is 9.69 Å². The first-order chi connectivity index (χ1) is 11.0. The van der Waals surface area contributed by atoms with E-state index in [1.807, 2.05) is 6.92 Å². The summed E-state index contributed by atoms with van der Waals surface area (Å²) in [6.07, 6.45) is -0.195. The number of halogens is 1. The van der Waals surface area contributed by atoms with Crippen molar-refractivity contribution in [2.24, 2.45) is 0 Å². The maximum absolute atomic E-state index is 13.7. The molecular weight excluding hydrogens is 297 g/mol. The molecule has 2 unspecified atom stereocenters. The molecule has 23 heavy (non-hydrogen) atoms. The molecule has 0 saturated carbocycles. The normalized spacial score (nSPS) is 21.0. The molecule has 1 amide bonds. The second kappa shape index (κ2) is 8.26. The standard InChI is InChI=1S/C17H26FN3O2/c1-4-15(23-16-8-6-5-7-14(16)18)17(22)19-11-13-12-20(2)9-10-21(13)3/h5-8,13,15H,4,9-12H2,1-3H3,(H,19,22). The lowest BCUT2D eigenvalue weighted by atomic mass is 10.1. The number of hydrogen-bond acceptors (Lipinski definition) is 4. The van der Waals surface area contributed by atoms with Crippen LogP contribution in [0.5, 0.6) is 5.75 Å². The van der Waals surface area contributed by atoms with Gasteiger partial charge in [0.25, 0.3) is 5.91 Å². The quantitative estimate of drug-likeness (QED) is 0.858. The van der Waals surface area contributed by atoms with E-state index in [2.05, 4.69) is 29.2 Å². The van der Waals surface area contributed by atoms with Crippen LogP contribution >= 0.6 is 0 Å². The van der Waals surface area contributed by atoms with Gasteiger partial charge in [-0.2, -0.15) is 0 Å². The van der Waals surface area contributed by atoms with Crippen LogP contribution < -0.4 is 10.1 Å². The summed E-state index contributed by atoms with van der Waals surface area (Å²) in [5, 5.41) is 2.94. The first kappa shape index (κ1) is 17.7. The molecule has 2 atom stereocenters. The van der Waals surface area contributed by atoms with E-state index < -0.39 is 11.9 Å². The van der Waals surface area contributed by atoms with E-state index in [0.717, 1.165) is 19.6 Å². The summed E-state index contributed by atoms with van der Waals surface area (Å²) in [4.78, 5) is 16.8. The SMILES string of the molecule is CCC(Oc1ccccc1F)C(=O)NCC1CN(C)CCN1C. The van der Waals surface area contributed by atoms with Crippen LogP contribution in [0.1, 0.15) is 13.3 Å². The monoisotopic (exact) mass is 323 g/mol. The fourth-order valence-electron chi connectivity index (χ4n) is 2.67. The number of benzene rings is 1. The van der Waals surface area contributed by atoms with Crippen LogP contribution in [0.25, 0.3) is 0 Å². The first-order valence-corrected chi connectivity index (χ1v) is 8.09. The summed E-state index contributed by atoms with van der Waals surface area (Å²) < 4.78 is 19.2. The minimum absolute atomic E-state index is 0.115. The molecule has 0 bridgehead atoms. The summed E-state index contributed by atoms with van der Waals surface area (Å²) in [6.45, 7) is 5.36. The van der Waals surface area contributed by atoms with Crippen LogP contribution in [0, 0.1) is 5.82 Å². The summed E-state index contributed by atoms with van der Waals surface area (Å²) in [5.74, 6) is -0.534. The van der Waals surface area contributed by atoms with Crippen molar-refractivity contribution < 1.29 is 13.9 Å². The Balaban J connectivity index is 1.88. The zero-order chi connectivity index (χ0) is 16.8. The van der Waals surface area contributed by atoms with Crippen molar-refractivity contribution >= 4 is 5.91 Å². The molecule has 6 heteroatoms. The number of likely N-dealkylation sites (N-methyl/N-ethyl adjacent to an activating group) is 2. The van der Waals surface area contributed by atoms with Gasteiger partial charge in [0.15, 0.2) is 17.7 Å². The summed E-state index contributed by atoms with van der Waals surface area (Å²) >= 11 is 0. The topological polar surface area (TPSA) is 44.8 Å². The molecule has 1 aromatic rings. The molecule has 0 radical (unpaired) electrons. The number of ether oxygens (including phenoxy) is 1. The highest BCUT2D eigenvalue weighted by atomic mass is 19.1. The molecule has 1 saturated heterocycles. The lowest BCUT2D eigenvalue weighted by Gasteiger charge is -2.37. The number of para-hydroxylation sites is 1. The second-order valence-electron chi connectivity index (χ2n) is 6.09. The highest BCUT2D eigenvalue weighted by molar-refractivity contribution is 5.81. The Labute approximate surface area is 137 Å². The van der Waals surface area contributed by atoms with E-state index in [4.69, 9.17) is 4.74 Å². The lowest BCUT2D eigenvalue weighted by molar-refractivity contribution is -0.128. The Morgan fingerprint density at radius 3 is 2.83 bits per heavy atom. The van der Waals surface area contributed by atoms with E-state index in [0.29, 0.717) is 13.0 Å². The third kappa shape index (κ3) is 4.91. The Morgan fingerprint density at radius 1 is 1.39 bits per heavy atom. The number of nitrogens with one attached hydrogen (secondary N) is 1. The maximum Gasteiger partial charge on any atom is 0.261 e. The molecule has 1 aromatic carbocycles. The predicted octanol–water partition coefficient (Wildman–Crippen LogP) is 1.35. The fourth-order valence-corrected chi connectivity index (χ4v) is 2.67. The zero-order valence-corrected chi connectivity index (χ0v) is 14.1. The molecule has 1 N–H and O–H groups in total. The molecule has 1 fully saturated rings. The maximum atomic E-state index is 13.7. The number of carbonyl (C=O) groups excluding carboxylic acids is 1. The van der Waals surface area contributed by atoms with E-state index in [1.165, 1.54) is 12.1 Å². The van der Waals surface area contributed by atoms with Gasteiger partial charge in [-0.1, -0.05) is 19.1 Å². The van der Waals surface area contributed by atoms with Gasteiger partial charge < -0.3 is 15.0 Å². The summed E-state index contributed by atoms with van der Waals surface area (Å²) in [5.41, 5.74) is 0. The molecule has 0 aromatic heterocycles. The average molecular weight is 323 g/mol. The van der Waals surface area contributed by atoms with Crippen molar-refractivity contribution in [2.45, 2.75) is 25.5 Å². The number of hydrogen-bond donors (Lipinski definition) is 1. The average Bonchev–Trinajstić information content (AvgIpc) is 2.54. The van der Waals surface area contributed by atoms with E-state index in [1.54, 1.807) is 12.1 Å². The predicted molar refractivity (Wildman–Crippen MR) is 88.0 cm³/mol. The van der Waals surface area contributed by atoms with E-state index in [9.17, 15) is 9.18 Å². The van der Waals surface area contributed by atoms with Crippen LogP contribution in [0.15, 0.2) is 24.3 Å². The zero-order valence-electron chi connectivity index (χ0n) is 14.1. The van der Waals surface area contributed by atoms with Gasteiger partial charge in [0, 0.05) is 32.2 Å². The molecule has 2 rings (SSSR count). The van der Waals surface area contributed by atoms with Crippen molar-refractivity contribution in [3.05, 3.63) is 30.1 Å². The largest absolute Gasteiger partial charge is 0.478 e. The van der Waals surface area contributed by atoms with Gasteiger partial charge in [0.05, 0.1) is 0 Å². The summed E-state index contributed by atoms with van der Waals surface area (Å²) in [7, 11) is 4.15. The molecular formula is C17H26FN3O2. The molecule has 128 valence electrons. The Hall–Kier alpha value is -1.66. The Bertz CT molecular complexity index is 526. The third-order valence-corrected chi connectivity index (χ3v) is 4.26. The molecule has 5 nitrogen and oxygen atoms in total. The van der Waals surface area contributed by atoms with Gasteiger partial charge in [-0.15, -0.1) is 0 Å². The molecule has 0 spiro atoms. The lowest BCUT2D eigenvalue weighted by Crippen LogP contribution is -2.55. The first-order valence-electron chi connectivity index (χ1n) is 8.09. The number of amides is 1. The smallest absolute Gasteiger partial charge is 0.261 e. The van der Waals surface area contributed by atoms with Gasteiger partial charge in [-0.05, 0) is 32.6 Å². The van der Waals surface area contributed by atoms with Gasteiger partial charge in [-0.25, -0.2) is 4.39 Å². The van der Waals surface area contributed by atoms with Crippen molar-refractivity contribution in [2.75, 3.05) is 40.3 Å². The van der Waals surface area contributed by atoms with Crippen LogP contribution in [-0.4, -0.2) is 68.1 Å².